The number of halogens is 2. The van der Waals surface area contributed by atoms with Crippen LogP contribution in [0, 0.1) is 11.6 Å². The lowest BCUT2D eigenvalue weighted by Gasteiger charge is -2.36. The zero-order chi connectivity index (χ0) is 23.0. The van der Waals surface area contributed by atoms with Gasteiger partial charge in [0.05, 0.1) is 31.9 Å². The van der Waals surface area contributed by atoms with E-state index in [2.05, 4.69) is 5.32 Å². The van der Waals surface area contributed by atoms with Gasteiger partial charge >= 0.3 is 6.09 Å². The molecule has 0 aromatic heterocycles. The number of nitrogens with zero attached hydrogens (tertiary/aromatic N) is 4. The Morgan fingerprint density at radius 1 is 1.03 bits per heavy atom. The van der Waals surface area contributed by atoms with Crippen LogP contribution in [0.15, 0.2) is 12.1 Å². The number of hydrazine groups is 1. The quantitative estimate of drug-likeness (QED) is 0.720. The van der Waals surface area contributed by atoms with Crippen molar-refractivity contribution >= 4 is 35.2 Å². The fourth-order valence-corrected chi connectivity index (χ4v) is 4.10. The van der Waals surface area contributed by atoms with E-state index in [0.717, 1.165) is 17.0 Å². The summed E-state index contributed by atoms with van der Waals surface area (Å²) >= 11 is 0. The van der Waals surface area contributed by atoms with Gasteiger partial charge in [-0.25, -0.2) is 23.6 Å². The molecule has 32 heavy (non-hydrogen) atoms. The number of cyclic esters (lactones) is 1. The van der Waals surface area contributed by atoms with Crippen LogP contribution in [0.5, 0.6) is 0 Å². The Labute approximate surface area is 182 Å². The Morgan fingerprint density at radius 2 is 1.59 bits per heavy atom. The fourth-order valence-electron chi connectivity index (χ4n) is 4.10. The highest BCUT2D eigenvalue weighted by molar-refractivity contribution is 5.90. The van der Waals surface area contributed by atoms with Gasteiger partial charge in [0.2, 0.25) is 17.7 Å². The number of carbonyl (C=O) groups excluding carboxylic acids is 4. The van der Waals surface area contributed by atoms with Crippen LogP contribution in [0.3, 0.4) is 0 Å². The normalized spacial score (nSPS) is 21.5. The zero-order valence-electron chi connectivity index (χ0n) is 17.5. The lowest BCUT2D eigenvalue weighted by Crippen LogP contribution is -2.53. The van der Waals surface area contributed by atoms with Crippen molar-refractivity contribution in [1.82, 2.24) is 15.3 Å². The summed E-state index contributed by atoms with van der Waals surface area (Å²) < 4.78 is 35.1. The number of nitrogens with one attached hydrogen (secondary N) is 1. The summed E-state index contributed by atoms with van der Waals surface area (Å²) in [5, 5.41) is 5.21. The van der Waals surface area contributed by atoms with Crippen molar-refractivity contribution in [3.63, 3.8) is 0 Å². The number of amides is 4. The van der Waals surface area contributed by atoms with Gasteiger partial charge in [-0.1, -0.05) is 0 Å². The average molecular weight is 451 g/mol. The van der Waals surface area contributed by atoms with Crippen molar-refractivity contribution in [2.75, 3.05) is 49.1 Å². The smallest absolute Gasteiger partial charge is 0.414 e. The zero-order valence-corrected chi connectivity index (χ0v) is 17.5. The van der Waals surface area contributed by atoms with Crippen molar-refractivity contribution < 1.29 is 32.7 Å². The summed E-state index contributed by atoms with van der Waals surface area (Å²) in [7, 11) is 0. The number of anilines is 2. The first-order valence-electron chi connectivity index (χ1n) is 10.3. The highest BCUT2D eigenvalue weighted by Crippen LogP contribution is 2.32. The highest BCUT2D eigenvalue weighted by Gasteiger charge is 2.36. The molecular weight excluding hydrogens is 428 g/mol. The number of ether oxygens (including phenoxy) is 1. The molecule has 0 radical (unpaired) electrons. The Kier molecular flexibility index (Phi) is 5.85. The standard InChI is InChI=1S/C20H23F2N5O5/c1-12(28)23-10-14-11-25(20(31)32-14)13-8-15(21)19(16(22)9-13)24-4-6-26-17(29)2-3-18(30)27(26)7-5-24/h8-9,14H,2-7,10-11H2,1H3,(H,23,28)/t14-/m0/s1. The lowest BCUT2D eigenvalue weighted by atomic mass is 10.2. The van der Waals surface area contributed by atoms with Crippen LogP contribution in [0.4, 0.5) is 25.0 Å². The second kappa shape index (κ2) is 8.60. The number of benzene rings is 1. The van der Waals surface area contributed by atoms with Crippen LogP contribution < -0.4 is 15.1 Å². The van der Waals surface area contributed by atoms with Gasteiger partial charge in [0, 0.05) is 45.0 Å². The van der Waals surface area contributed by atoms with Crippen molar-refractivity contribution in [2.45, 2.75) is 25.9 Å². The van der Waals surface area contributed by atoms with Gasteiger partial charge in [-0.2, -0.15) is 0 Å². The van der Waals surface area contributed by atoms with E-state index in [1.54, 1.807) is 0 Å². The molecule has 0 spiro atoms. The lowest BCUT2D eigenvalue weighted by molar-refractivity contribution is -0.169. The molecule has 0 unspecified atom stereocenters. The summed E-state index contributed by atoms with van der Waals surface area (Å²) in [5.41, 5.74) is -0.280. The second-order valence-corrected chi connectivity index (χ2v) is 7.83. The Bertz CT molecular complexity index is 925. The molecule has 3 aliphatic heterocycles. The Morgan fingerprint density at radius 3 is 2.12 bits per heavy atom. The number of hydrogen-bond donors (Lipinski definition) is 1. The van der Waals surface area contributed by atoms with Crippen LogP contribution in [0.1, 0.15) is 19.8 Å². The average Bonchev–Trinajstić information content (AvgIpc) is 2.96. The van der Waals surface area contributed by atoms with Gasteiger partial charge in [-0.3, -0.25) is 19.3 Å². The SMILES string of the molecule is CC(=O)NC[C@H]1CN(c2cc(F)c(N3CCN4C(=O)CCC(=O)N4CC3)c(F)c2)C(=O)O1. The predicted molar refractivity (Wildman–Crippen MR) is 108 cm³/mol. The molecule has 1 N–H and O–H groups in total. The number of rotatable bonds is 4. The molecule has 4 rings (SSSR count). The summed E-state index contributed by atoms with van der Waals surface area (Å²) in [6.07, 6.45) is -1.14. The van der Waals surface area contributed by atoms with E-state index in [9.17, 15) is 19.2 Å². The van der Waals surface area contributed by atoms with Crippen molar-refractivity contribution in [3.05, 3.63) is 23.8 Å². The van der Waals surface area contributed by atoms with Gasteiger partial charge in [0.25, 0.3) is 0 Å². The third-order valence-corrected chi connectivity index (χ3v) is 5.67. The maximum absolute atomic E-state index is 15.0. The van der Waals surface area contributed by atoms with Crippen LogP contribution >= 0.6 is 0 Å². The predicted octanol–water partition coefficient (Wildman–Crippen LogP) is 0.612. The number of carbonyl (C=O) groups is 4. The van der Waals surface area contributed by atoms with Gasteiger partial charge in [-0.05, 0) is 0 Å². The molecule has 3 fully saturated rings. The summed E-state index contributed by atoms with van der Waals surface area (Å²) in [4.78, 5) is 50.0. The Hall–Kier alpha value is -3.44. The van der Waals surface area contributed by atoms with E-state index >= 15 is 8.78 Å². The molecule has 1 aromatic carbocycles. The van der Waals surface area contributed by atoms with Crippen molar-refractivity contribution in [3.8, 4) is 0 Å². The van der Waals surface area contributed by atoms with Gasteiger partial charge in [0.15, 0.2) is 11.6 Å². The molecule has 12 heteroatoms. The summed E-state index contributed by atoms with van der Waals surface area (Å²) in [5.74, 6) is -2.40. The van der Waals surface area contributed by atoms with E-state index in [0.29, 0.717) is 0 Å². The van der Waals surface area contributed by atoms with Gasteiger partial charge < -0.3 is 15.0 Å². The van der Waals surface area contributed by atoms with E-state index in [1.165, 1.54) is 21.8 Å². The maximum atomic E-state index is 15.0. The van der Waals surface area contributed by atoms with Crippen LogP contribution in [0.2, 0.25) is 0 Å². The number of hydrogen-bond acceptors (Lipinski definition) is 6. The molecular formula is C20H23F2N5O5. The Balaban J connectivity index is 1.51. The molecule has 0 bridgehead atoms. The van der Waals surface area contributed by atoms with Gasteiger partial charge in [0.1, 0.15) is 11.8 Å². The van der Waals surface area contributed by atoms with Crippen molar-refractivity contribution in [1.29, 1.82) is 0 Å². The summed E-state index contributed by atoms with van der Waals surface area (Å²) in [6, 6.07) is 2.10. The molecule has 4 amide bonds. The van der Waals surface area contributed by atoms with E-state index in [1.807, 2.05) is 0 Å². The fraction of sp³-hybridized carbons (Fsp3) is 0.500. The minimum Gasteiger partial charge on any atom is -0.442 e. The van der Waals surface area contributed by atoms with Crippen LogP contribution in [-0.4, -0.2) is 79.2 Å². The topological polar surface area (TPSA) is 103 Å². The van der Waals surface area contributed by atoms with Crippen LogP contribution in [0.25, 0.3) is 0 Å². The first-order chi connectivity index (χ1) is 15.2. The molecule has 10 nitrogen and oxygen atoms in total. The minimum atomic E-state index is -0.870. The largest absolute Gasteiger partial charge is 0.442 e. The third kappa shape index (κ3) is 4.16. The first-order valence-corrected chi connectivity index (χ1v) is 10.3. The third-order valence-electron chi connectivity index (χ3n) is 5.67. The molecule has 0 saturated carbocycles. The van der Waals surface area contributed by atoms with Gasteiger partial charge in [-0.15, -0.1) is 0 Å². The maximum Gasteiger partial charge on any atom is 0.414 e. The monoisotopic (exact) mass is 451 g/mol. The molecule has 3 heterocycles. The van der Waals surface area contributed by atoms with E-state index in [4.69, 9.17) is 4.74 Å². The van der Waals surface area contributed by atoms with E-state index in [-0.39, 0.29) is 81.2 Å². The molecule has 3 aliphatic rings. The minimum absolute atomic E-state index is 0.000391. The molecule has 1 aromatic rings. The molecule has 0 aliphatic carbocycles. The first kappa shape index (κ1) is 21.8. The highest BCUT2D eigenvalue weighted by atomic mass is 19.1. The van der Waals surface area contributed by atoms with Crippen molar-refractivity contribution in [2.24, 2.45) is 0 Å². The van der Waals surface area contributed by atoms with E-state index < -0.39 is 23.8 Å². The molecule has 172 valence electrons. The number of fused-ring (bicyclic) bond motifs is 1. The summed E-state index contributed by atoms with van der Waals surface area (Å²) in [6.45, 7) is 2.02. The second-order valence-electron chi connectivity index (χ2n) is 7.83. The van der Waals surface area contributed by atoms with Crippen LogP contribution in [-0.2, 0) is 19.1 Å². The molecule has 3 saturated heterocycles. The molecule has 1 atom stereocenters.